The Morgan fingerprint density at radius 2 is 1.77 bits per heavy atom. The molecule has 0 heterocycles. The molecular formula is C6H16CoNO4S. The minimum atomic E-state index is -4.67. The van der Waals surface area contributed by atoms with Crippen LogP contribution >= 0.6 is 0 Å². The molecule has 1 atom stereocenters. The van der Waals surface area contributed by atoms with Gasteiger partial charge in [0.15, 0.2) is 0 Å². The van der Waals surface area contributed by atoms with Crippen molar-refractivity contribution in [2.24, 2.45) is 5.73 Å². The quantitative estimate of drug-likeness (QED) is 0.509. The normalized spacial score (nSPS) is 13.1. The van der Waals surface area contributed by atoms with Crippen LogP contribution in [0.15, 0.2) is 0 Å². The van der Waals surface area contributed by atoms with Gasteiger partial charge in [0, 0.05) is 0 Å². The maximum atomic E-state index is 8.74. The van der Waals surface area contributed by atoms with Crippen LogP contribution in [0.25, 0.3) is 0 Å². The first-order valence-electron chi connectivity index (χ1n) is 3.84. The van der Waals surface area contributed by atoms with Crippen molar-refractivity contribution in [1.82, 2.24) is 0 Å². The van der Waals surface area contributed by atoms with E-state index < -0.39 is 10.4 Å². The largest absolute Gasteiger partial charge is 0.394 e. The predicted octanol–water partition coefficient (Wildman–Crippen LogP) is 0.746. The van der Waals surface area contributed by atoms with Gasteiger partial charge in [-0.3, -0.25) is 9.11 Å². The van der Waals surface area contributed by atoms with Crippen molar-refractivity contribution in [3.8, 4) is 0 Å². The molecule has 0 aromatic carbocycles. The van der Waals surface area contributed by atoms with Crippen molar-refractivity contribution in [2.45, 2.75) is 37.6 Å². The molecule has 0 radical (unpaired) electrons. The Balaban J connectivity index is 0. The molecule has 4 N–H and O–H groups in total. The summed E-state index contributed by atoms with van der Waals surface area (Å²) in [5.41, 5.74) is 5.39. The van der Waals surface area contributed by atoms with Crippen molar-refractivity contribution >= 4 is 10.4 Å². The van der Waals surface area contributed by atoms with Gasteiger partial charge in [-0.1, -0.05) is 0 Å². The third-order valence-corrected chi connectivity index (χ3v) is 1.37. The van der Waals surface area contributed by atoms with Gasteiger partial charge in [-0.2, -0.15) is 8.42 Å². The van der Waals surface area contributed by atoms with Crippen LogP contribution in [0.4, 0.5) is 0 Å². The second-order valence-corrected chi connectivity index (χ2v) is 4.09. The van der Waals surface area contributed by atoms with Crippen LogP contribution in [0.2, 0.25) is 0 Å². The Labute approximate surface area is 87.3 Å². The van der Waals surface area contributed by atoms with E-state index >= 15 is 0 Å². The summed E-state index contributed by atoms with van der Waals surface area (Å²) >= 11 is 4.09. The van der Waals surface area contributed by atoms with Gasteiger partial charge in [-0.25, -0.2) is 0 Å². The van der Waals surface area contributed by atoms with Gasteiger partial charge in [0.25, 0.3) is 0 Å². The van der Waals surface area contributed by atoms with E-state index in [4.69, 9.17) is 23.3 Å². The fourth-order valence-corrected chi connectivity index (χ4v) is 0.793. The molecule has 84 valence electrons. The van der Waals surface area contributed by atoms with Crippen LogP contribution in [0.5, 0.6) is 0 Å². The second-order valence-electron chi connectivity index (χ2n) is 2.43. The first kappa shape index (κ1) is 15.8. The predicted molar refractivity (Wildman–Crippen MR) is 46.3 cm³/mol. The fraction of sp³-hybridized carbons (Fsp3) is 1.00. The van der Waals surface area contributed by atoms with Crippen molar-refractivity contribution in [1.29, 1.82) is 0 Å². The summed E-state index contributed by atoms with van der Waals surface area (Å²) in [6.45, 7) is 2.18. The van der Waals surface area contributed by atoms with Crippen LogP contribution in [-0.4, -0.2) is 22.5 Å². The van der Waals surface area contributed by atoms with Gasteiger partial charge < -0.3 is 0 Å². The van der Waals surface area contributed by atoms with Gasteiger partial charge in [0.2, 0.25) is 0 Å². The molecule has 0 aliphatic carbocycles. The smallest absolute Gasteiger partial charge is 0.264 e. The molecular weight excluding hydrogens is 241 g/mol. The van der Waals surface area contributed by atoms with Gasteiger partial charge >= 0.3 is 69.5 Å². The zero-order chi connectivity index (χ0) is 10.9. The molecule has 0 saturated carbocycles. The third kappa shape index (κ3) is 46.3. The van der Waals surface area contributed by atoms with Crippen LogP contribution < -0.4 is 5.73 Å². The van der Waals surface area contributed by atoms with Crippen molar-refractivity contribution < 1.29 is 33.3 Å². The van der Waals surface area contributed by atoms with E-state index in [0.717, 1.165) is 6.42 Å². The summed E-state index contributed by atoms with van der Waals surface area (Å²) in [6.07, 6.45) is 4.82. The maximum Gasteiger partial charge on any atom is 0.394 e. The van der Waals surface area contributed by atoms with Crippen LogP contribution in [0.3, 0.4) is 0 Å². The summed E-state index contributed by atoms with van der Waals surface area (Å²) in [6, 6.07) is 0. The molecule has 13 heavy (non-hydrogen) atoms. The average molecular weight is 257 g/mol. The second kappa shape index (κ2) is 8.91. The van der Waals surface area contributed by atoms with Crippen molar-refractivity contribution in [2.75, 3.05) is 0 Å². The van der Waals surface area contributed by atoms with Crippen LogP contribution in [0.1, 0.15) is 32.6 Å². The van der Waals surface area contributed by atoms with E-state index in [1.807, 2.05) is 0 Å². The first-order chi connectivity index (χ1) is 5.77. The Bertz CT molecular complexity index is 185. The molecule has 0 aliphatic heterocycles. The van der Waals surface area contributed by atoms with Crippen molar-refractivity contribution in [3.05, 3.63) is 0 Å². The third-order valence-electron chi connectivity index (χ3n) is 1.07. The molecule has 0 aromatic rings. The molecule has 0 rings (SSSR count). The van der Waals surface area contributed by atoms with Crippen LogP contribution in [-0.2, 0) is 26.1 Å². The first-order valence-corrected chi connectivity index (χ1v) is 5.84. The summed E-state index contributed by atoms with van der Waals surface area (Å²) < 4.78 is 31.6. The Kier molecular flexibility index (Phi) is 10.8. The summed E-state index contributed by atoms with van der Waals surface area (Å²) in [5, 5.41) is 0. The summed E-state index contributed by atoms with van der Waals surface area (Å²) in [7, 11) is -4.67. The van der Waals surface area contributed by atoms with E-state index in [0.29, 0.717) is 0 Å². The summed E-state index contributed by atoms with van der Waals surface area (Å²) in [4.78, 5) is 0.0917. The maximum absolute atomic E-state index is 8.74. The van der Waals surface area contributed by atoms with Gasteiger partial charge in [-0.05, 0) is 0 Å². The van der Waals surface area contributed by atoms with E-state index in [1.165, 1.54) is 19.3 Å². The molecule has 0 aliphatic rings. The minimum Gasteiger partial charge on any atom is -0.264 e. The van der Waals surface area contributed by atoms with E-state index in [-0.39, 0.29) is 4.98 Å². The van der Waals surface area contributed by atoms with Gasteiger partial charge in [0.05, 0.1) is 0 Å². The van der Waals surface area contributed by atoms with E-state index in [2.05, 4.69) is 22.7 Å². The number of nitrogens with two attached hydrogens (primary N) is 1. The van der Waals surface area contributed by atoms with Crippen molar-refractivity contribution in [3.63, 3.8) is 0 Å². The molecule has 0 saturated heterocycles. The van der Waals surface area contributed by atoms with E-state index in [9.17, 15) is 0 Å². The zero-order valence-electron chi connectivity index (χ0n) is 7.44. The van der Waals surface area contributed by atoms with Gasteiger partial charge in [0.1, 0.15) is 0 Å². The Morgan fingerprint density at radius 1 is 1.38 bits per heavy atom. The number of hydrogen-bond donors (Lipinski definition) is 3. The molecule has 0 amide bonds. The number of unbranched alkanes of at least 4 members (excludes halogenated alkanes) is 2. The summed E-state index contributed by atoms with van der Waals surface area (Å²) in [5.74, 6) is 0. The van der Waals surface area contributed by atoms with Crippen LogP contribution in [0, 0.1) is 0 Å². The molecule has 0 bridgehead atoms. The Morgan fingerprint density at radius 3 is 2.00 bits per heavy atom. The zero-order valence-corrected chi connectivity index (χ0v) is 9.29. The minimum absolute atomic E-state index is 0.0917. The molecule has 7 heteroatoms. The molecule has 5 nitrogen and oxygen atoms in total. The van der Waals surface area contributed by atoms with E-state index in [1.54, 1.807) is 0 Å². The molecule has 1 unspecified atom stereocenters. The SMILES string of the molecule is CCCCC[CH](N)[Co].O=S(=O)(O)O. The standard InChI is InChI=1S/C6H14N.Co.H2O4S/c1-2-3-4-5-6-7;;1-5(2,3)4/h6H,2-5,7H2,1H3;;(H2,1,2,3,4). The molecule has 0 spiro atoms. The monoisotopic (exact) mass is 257 g/mol. The van der Waals surface area contributed by atoms with Gasteiger partial charge in [-0.15, -0.1) is 0 Å². The molecule has 0 aromatic heterocycles. The molecule has 0 fully saturated rings. The fourth-order valence-electron chi connectivity index (χ4n) is 0.580. The number of hydrogen-bond acceptors (Lipinski definition) is 3. The number of rotatable bonds is 4. The Hall–Kier alpha value is 0.336. The average Bonchev–Trinajstić information content (AvgIpc) is 1.83. The topological polar surface area (TPSA) is 101 Å².